The molecule has 0 spiro atoms. The van der Waals surface area contributed by atoms with E-state index in [4.69, 9.17) is 5.11 Å². The predicted molar refractivity (Wildman–Crippen MR) is 71.2 cm³/mol. The molecule has 0 saturated heterocycles. The second-order valence-electron chi connectivity index (χ2n) is 5.17. The first-order chi connectivity index (χ1) is 8.75. The van der Waals surface area contributed by atoms with Crippen LogP contribution in [-0.4, -0.2) is 17.6 Å². The van der Waals surface area contributed by atoms with Crippen molar-refractivity contribution in [3.05, 3.63) is 35.9 Å². The molecule has 3 nitrogen and oxygen atoms in total. The minimum Gasteiger partial charge on any atom is -0.481 e. The molecule has 1 aliphatic carbocycles. The van der Waals surface area contributed by atoms with Gasteiger partial charge in [-0.2, -0.15) is 0 Å². The number of carbonyl (C=O) groups is 1. The van der Waals surface area contributed by atoms with Gasteiger partial charge in [0.1, 0.15) is 0 Å². The summed E-state index contributed by atoms with van der Waals surface area (Å²) in [6.45, 7) is 1.90. The van der Waals surface area contributed by atoms with Gasteiger partial charge in [-0.3, -0.25) is 4.79 Å². The molecule has 98 valence electrons. The van der Waals surface area contributed by atoms with E-state index in [1.165, 1.54) is 5.56 Å². The first-order valence-corrected chi connectivity index (χ1v) is 6.73. The second-order valence-corrected chi connectivity index (χ2v) is 5.17. The van der Waals surface area contributed by atoms with Crippen LogP contribution < -0.4 is 5.32 Å². The fourth-order valence-corrected chi connectivity index (χ4v) is 2.63. The van der Waals surface area contributed by atoms with Crippen LogP contribution in [-0.2, 0) is 11.3 Å². The molecule has 1 fully saturated rings. The van der Waals surface area contributed by atoms with E-state index in [2.05, 4.69) is 29.6 Å². The van der Waals surface area contributed by atoms with E-state index < -0.39 is 5.97 Å². The normalized spacial score (nSPS) is 23.8. The van der Waals surface area contributed by atoms with E-state index in [1.54, 1.807) is 0 Å². The van der Waals surface area contributed by atoms with Crippen molar-refractivity contribution in [2.24, 2.45) is 11.8 Å². The highest BCUT2D eigenvalue weighted by molar-refractivity contribution is 5.69. The van der Waals surface area contributed by atoms with Gasteiger partial charge in [-0.25, -0.2) is 0 Å². The number of rotatable bonds is 5. The molecule has 3 heteroatoms. The summed E-state index contributed by atoms with van der Waals surface area (Å²) in [5.74, 6) is -0.0784. The molecule has 18 heavy (non-hydrogen) atoms. The van der Waals surface area contributed by atoms with Crippen LogP contribution in [0, 0.1) is 11.8 Å². The summed E-state index contributed by atoms with van der Waals surface area (Å²) >= 11 is 0. The van der Waals surface area contributed by atoms with Crippen LogP contribution in [0.1, 0.15) is 31.2 Å². The first kappa shape index (κ1) is 13.1. The Hall–Kier alpha value is -1.35. The van der Waals surface area contributed by atoms with Crippen molar-refractivity contribution < 1.29 is 9.90 Å². The zero-order valence-corrected chi connectivity index (χ0v) is 10.6. The first-order valence-electron chi connectivity index (χ1n) is 6.73. The predicted octanol–water partition coefficient (Wildman–Crippen LogP) is 2.67. The molecule has 1 saturated carbocycles. The lowest BCUT2D eigenvalue weighted by Gasteiger charge is -2.26. The van der Waals surface area contributed by atoms with Gasteiger partial charge < -0.3 is 10.4 Å². The molecule has 2 rings (SSSR count). The zero-order chi connectivity index (χ0) is 12.8. The summed E-state index contributed by atoms with van der Waals surface area (Å²) in [6, 6.07) is 10.4. The van der Waals surface area contributed by atoms with Crippen molar-refractivity contribution >= 4 is 5.97 Å². The highest BCUT2D eigenvalue weighted by Crippen LogP contribution is 2.28. The lowest BCUT2D eigenvalue weighted by atomic mass is 9.82. The van der Waals surface area contributed by atoms with E-state index in [0.29, 0.717) is 5.92 Å². The highest BCUT2D eigenvalue weighted by Gasteiger charge is 2.25. The smallest absolute Gasteiger partial charge is 0.306 e. The van der Waals surface area contributed by atoms with Gasteiger partial charge in [-0.1, -0.05) is 30.3 Å². The Labute approximate surface area is 108 Å². The Morgan fingerprint density at radius 2 is 1.83 bits per heavy atom. The van der Waals surface area contributed by atoms with Crippen LogP contribution in [0.4, 0.5) is 0 Å². The molecular weight excluding hydrogens is 226 g/mol. The van der Waals surface area contributed by atoms with Crippen LogP contribution in [0.15, 0.2) is 30.3 Å². The largest absolute Gasteiger partial charge is 0.481 e. The monoisotopic (exact) mass is 247 g/mol. The molecule has 1 aromatic rings. The van der Waals surface area contributed by atoms with E-state index >= 15 is 0 Å². The van der Waals surface area contributed by atoms with Gasteiger partial charge >= 0.3 is 5.97 Å². The molecule has 0 radical (unpaired) electrons. The van der Waals surface area contributed by atoms with Crippen molar-refractivity contribution in [1.29, 1.82) is 0 Å². The van der Waals surface area contributed by atoms with Gasteiger partial charge in [0.2, 0.25) is 0 Å². The molecule has 0 aliphatic heterocycles. The summed E-state index contributed by atoms with van der Waals surface area (Å²) in [6.07, 6.45) is 3.76. The van der Waals surface area contributed by atoms with E-state index in [1.807, 2.05) is 6.07 Å². The average Bonchev–Trinajstić information content (AvgIpc) is 2.40. The molecule has 0 heterocycles. The van der Waals surface area contributed by atoms with Gasteiger partial charge in [0.25, 0.3) is 0 Å². The standard InChI is InChI=1S/C15H21NO2/c17-15(18)14-8-6-13(7-9-14)11-16-10-12-4-2-1-3-5-12/h1-5,13-14,16H,6-11H2,(H,17,18). The third-order valence-electron chi connectivity index (χ3n) is 3.80. The van der Waals surface area contributed by atoms with Crippen LogP contribution in [0.3, 0.4) is 0 Å². The molecule has 2 N–H and O–H groups in total. The van der Waals surface area contributed by atoms with Crippen LogP contribution >= 0.6 is 0 Å². The Bertz CT molecular complexity index is 369. The number of benzene rings is 1. The molecule has 1 aromatic carbocycles. The van der Waals surface area contributed by atoms with E-state index in [0.717, 1.165) is 38.8 Å². The van der Waals surface area contributed by atoms with Gasteiger partial charge in [-0.15, -0.1) is 0 Å². The molecule has 0 atom stereocenters. The minimum absolute atomic E-state index is 0.102. The van der Waals surface area contributed by atoms with Gasteiger partial charge in [0, 0.05) is 6.54 Å². The number of aliphatic carboxylic acids is 1. The van der Waals surface area contributed by atoms with Crippen molar-refractivity contribution in [3.8, 4) is 0 Å². The SMILES string of the molecule is O=C(O)C1CCC(CNCc2ccccc2)CC1. The van der Waals surface area contributed by atoms with Crippen LogP contribution in [0.5, 0.6) is 0 Å². The van der Waals surface area contributed by atoms with E-state index in [-0.39, 0.29) is 5.92 Å². The lowest BCUT2D eigenvalue weighted by Crippen LogP contribution is -2.28. The number of carboxylic acids is 1. The maximum Gasteiger partial charge on any atom is 0.306 e. The number of carboxylic acid groups (broad SMARTS) is 1. The van der Waals surface area contributed by atoms with Gasteiger partial charge in [-0.05, 0) is 43.7 Å². The van der Waals surface area contributed by atoms with Crippen molar-refractivity contribution in [2.75, 3.05) is 6.54 Å². The highest BCUT2D eigenvalue weighted by atomic mass is 16.4. The fraction of sp³-hybridized carbons (Fsp3) is 0.533. The van der Waals surface area contributed by atoms with E-state index in [9.17, 15) is 4.79 Å². The maximum absolute atomic E-state index is 10.8. The van der Waals surface area contributed by atoms with Gasteiger partial charge in [0.15, 0.2) is 0 Å². The number of hydrogen-bond acceptors (Lipinski definition) is 2. The van der Waals surface area contributed by atoms with Crippen LogP contribution in [0.25, 0.3) is 0 Å². The van der Waals surface area contributed by atoms with Crippen molar-refractivity contribution in [2.45, 2.75) is 32.2 Å². The summed E-state index contributed by atoms with van der Waals surface area (Å²) in [4.78, 5) is 10.8. The number of hydrogen-bond donors (Lipinski definition) is 2. The molecule has 0 aromatic heterocycles. The van der Waals surface area contributed by atoms with Crippen LogP contribution in [0.2, 0.25) is 0 Å². The second kappa shape index (κ2) is 6.55. The van der Waals surface area contributed by atoms with Gasteiger partial charge in [0.05, 0.1) is 5.92 Å². The third-order valence-corrected chi connectivity index (χ3v) is 3.80. The summed E-state index contributed by atoms with van der Waals surface area (Å²) in [5, 5.41) is 12.4. The Morgan fingerprint density at radius 3 is 2.44 bits per heavy atom. The molecule has 0 unspecified atom stereocenters. The Morgan fingerprint density at radius 1 is 1.17 bits per heavy atom. The van der Waals surface area contributed by atoms with Crippen molar-refractivity contribution in [1.82, 2.24) is 5.32 Å². The van der Waals surface area contributed by atoms with Crippen molar-refractivity contribution in [3.63, 3.8) is 0 Å². The summed E-state index contributed by atoms with van der Waals surface area (Å²) in [7, 11) is 0. The summed E-state index contributed by atoms with van der Waals surface area (Å²) in [5.41, 5.74) is 1.30. The fourth-order valence-electron chi connectivity index (χ4n) is 2.63. The lowest BCUT2D eigenvalue weighted by molar-refractivity contribution is -0.143. The quantitative estimate of drug-likeness (QED) is 0.841. The topological polar surface area (TPSA) is 49.3 Å². The zero-order valence-electron chi connectivity index (χ0n) is 10.6. The maximum atomic E-state index is 10.8. The molecule has 0 bridgehead atoms. The molecule has 0 amide bonds. The average molecular weight is 247 g/mol. The third kappa shape index (κ3) is 3.84. The summed E-state index contributed by atoms with van der Waals surface area (Å²) < 4.78 is 0. The number of nitrogens with one attached hydrogen (secondary N) is 1. The minimum atomic E-state index is -0.620. The molecular formula is C15H21NO2. The molecule has 1 aliphatic rings. The Balaban J connectivity index is 1.65. The Kier molecular flexibility index (Phi) is 4.76.